The molecular weight excluding hydrogens is 286 g/mol. The molecule has 1 aromatic rings. The van der Waals surface area contributed by atoms with E-state index in [9.17, 15) is 8.42 Å². The number of methoxy groups -OCH3 is 1. The summed E-state index contributed by atoms with van der Waals surface area (Å²) in [6.07, 6.45) is 1.42. The fraction of sp³-hybridized carbons (Fsp3) is 0.538. The third kappa shape index (κ3) is 4.37. The minimum absolute atomic E-state index is 0.0671. The van der Waals surface area contributed by atoms with Gasteiger partial charge in [-0.2, -0.15) is 0 Å². The van der Waals surface area contributed by atoms with Crippen LogP contribution >= 0.6 is 11.6 Å². The highest BCUT2D eigenvalue weighted by molar-refractivity contribution is 7.92. The molecule has 0 saturated carbocycles. The van der Waals surface area contributed by atoms with Crippen molar-refractivity contribution in [2.45, 2.75) is 26.7 Å². The summed E-state index contributed by atoms with van der Waals surface area (Å²) in [4.78, 5) is 0. The normalized spacial score (nSPS) is 11.6. The van der Waals surface area contributed by atoms with Crippen molar-refractivity contribution in [1.82, 2.24) is 0 Å². The molecular formula is C13H20ClNO3S. The van der Waals surface area contributed by atoms with Crippen LogP contribution in [0.25, 0.3) is 0 Å². The molecule has 1 N–H and O–H groups in total. The van der Waals surface area contributed by atoms with E-state index in [1.165, 1.54) is 7.11 Å². The first-order valence-corrected chi connectivity index (χ1v) is 8.27. The number of sulfonamides is 1. The fourth-order valence-electron chi connectivity index (χ4n) is 1.84. The molecule has 0 aromatic heterocycles. The number of benzene rings is 1. The van der Waals surface area contributed by atoms with Crippen molar-refractivity contribution >= 4 is 27.3 Å². The van der Waals surface area contributed by atoms with Crippen molar-refractivity contribution in [3.8, 4) is 0 Å². The first kappa shape index (κ1) is 16.3. The van der Waals surface area contributed by atoms with E-state index < -0.39 is 10.0 Å². The monoisotopic (exact) mass is 305 g/mol. The van der Waals surface area contributed by atoms with Crippen LogP contribution in [-0.4, -0.2) is 27.9 Å². The number of aryl methyl sites for hydroxylation is 1. The van der Waals surface area contributed by atoms with Gasteiger partial charge in [0.15, 0.2) is 0 Å². The number of halogens is 1. The molecule has 0 aliphatic rings. The number of anilines is 1. The maximum atomic E-state index is 12.0. The molecule has 0 bridgehead atoms. The van der Waals surface area contributed by atoms with Crippen LogP contribution in [-0.2, 0) is 27.6 Å². The summed E-state index contributed by atoms with van der Waals surface area (Å²) in [5.41, 5.74) is 2.40. The SMILES string of the molecule is CCc1ccc(Cl)c(CC)c1NS(=O)(=O)CCOC. The minimum Gasteiger partial charge on any atom is -0.384 e. The quantitative estimate of drug-likeness (QED) is 0.843. The van der Waals surface area contributed by atoms with Crippen LogP contribution in [0.5, 0.6) is 0 Å². The average molecular weight is 306 g/mol. The predicted molar refractivity (Wildman–Crippen MR) is 79.5 cm³/mol. The molecule has 1 aromatic carbocycles. The molecule has 0 radical (unpaired) electrons. The summed E-state index contributed by atoms with van der Waals surface area (Å²) < 4.78 is 31.4. The summed E-state index contributed by atoms with van der Waals surface area (Å²) in [6.45, 7) is 4.10. The molecule has 0 amide bonds. The van der Waals surface area contributed by atoms with Crippen LogP contribution in [0.3, 0.4) is 0 Å². The number of nitrogens with one attached hydrogen (secondary N) is 1. The van der Waals surface area contributed by atoms with Gasteiger partial charge in [0, 0.05) is 12.1 Å². The van der Waals surface area contributed by atoms with Crippen LogP contribution in [0, 0.1) is 0 Å². The van der Waals surface area contributed by atoms with Gasteiger partial charge in [0.05, 0.1) is 18.0 Å². The van der Waals surface area contributed by atoms with Gasteiger partial charge >= 0.3 is 0 Å². The van der Waals surface area contributed by atoms with Gasteiger partial charge in [0.1, 0.15) is 0 Å². The van der Waals surface area contributed by atoms with Gasteiger partial charge in [-0.1, -0.05) is 31.5 Å². The van der Waals surface area contributed by atoms with E-state index in [-0.39, 0.29) is 12.4 Å². The van der Waals surface area contributed by atoms with Gasteiger partial charge in [-0.25, -0.2) is 8.42 Å². The van der Waals surface area contributed by atoms with Gasteiger partial charge in [0.2, 0.25) is 10.0 Å². The van der Waals surface area contributed by atoms with Crippen molar-refractivity contribution in [1.29, 1.82) is 0 Å². The Kier molecular flexibility index (Phi) is 6.10. The molecule has 0 aliphatic heterocycles. The third-order valence-corrected chi connectivity index (χ3v) is 4.46. The third-order valence-electron chi connectivity index (χ3n) is 2.89. The first-order chi connectivity index (χ1) is 8.95. The molecule has 6 heteroatoms. The highest BCUT2D eigenvalue weighted by Gasteiger charge is 2.16. The maximum Gasteiger partial charge on any atom is 0.235 e. The van der Waals surface area contributed by atoms with Crippen LogP contribution in [0.15, 0.2) is 12.1 Å². The topological polar surface area (TPSA) is 55.4 Å². The largest absolute Gasteiger partial charge is 0.384 e. The van der Waals surface area contributed by atoms with Crippen LogP contribution in [0.4, 0.5) is 5.69 Å². The van der Waals surface area contributed by atoms with Crippen molar-refractivity contribution in [3.63, 3.8) is 0 Å². The second-order valence-electron chi connectivity index (χ2n) is 4.18. The van der Waals surface area contributed by atoms with E-state index in [0.29, 0.717) is 17.1 Å². The fourth-order valence-corrected chi connectivity index (χ4v) is 3.18. The molecule has 0 saturated heterocycles. The van der Waals surface area contributed by atoms with E-state index in [1.54, 1.807) is 0 Å². The molecule has 0 spiro atoms. The van der Waals surface area contributed by atoms with E-state index in [1.807, 2.05) is 26.0 Å². The number of rotatable bonds is 7. The Morgan fingerprint density at radius 2 is 1.95 bits per heavy atom. The Morgan fingerprint density at radius 3 is 2.47 bits per heavy atom. The van der Waals surface area contributed by atoms with Crippen LogP contribution < -0.4 is 4.72 Å². The van der Waals surface area contributed by atoms with Gasteiger partial charge in [-0.15, -0.1) is 0 Å². The lowest BCUT2D eigenvalue weighted by molar-refractivity contribution is 0.217. The Morgan fingerprint density at radius 1 is 1.26 bits per heavy atom. The smallest absolute Gasteiger partial charge is 0.235 e. The lowest BCUT2D eigenvalue weighted by Crippen LogP contribution is -2.21. The summed E-state index contributed by atoms with van der Waals surface area (Å²) in [5, 5.41) is 0.587. The Bertz CT molecular complexity index is 529. The number of ether oxygens (including phenoxy) is 1. The van der Waals surface area contributed by atoms with E-state index in [0.717, 1.165) is 17.5 Å². The van der Waals surface area contributed by atoms with Crippen molar-refractivity contribution in [2.24, 2.45) is 0 Å². The highest BCUT2D eigenvalue weighted by atomic mass is 35.5. The number of hydrogen-bond acceptors (Lipinski definition) is 3. The molecule has 1 rings (SSSR count). The molecule has 4 nitrogen and oxygen atoms in total. The zero-order chi connectivity index (χ0) is 14.5. The van der Waals surface area contributed by atoms with Crippen molar-refractivity contribution < 1.29 is 13.2 Å². The summed E-state index contributed by atoms with van der Waals surface area (Å²) in [6, 6.07) is 3.67. The summed E-state index contributed by atoms with van der Waals surface area (Å²) >= 11 is 6.13. The standard InChI is InChI=1S/C13H20ClNO3S/c1-4-10-6-7-12(14)11(5-2)13(10)15-19(16,17)9-8-18-3/h6-7,15H,4-5,8-9H2,1-3H3. The Labute approximate surface area is 120 Å². The molecule has 0 heterocycles. The molecule has 0 unspecified atom stereocenters. The van der Waals surface area contributed by atoms with Gasteiger partial charge in [-0.3, -0.25) is 4.72 Å². The van der Waals surface area contributed by atoms with E-state index in [2.05, 4.69) is 4.72 Å². The van der Waals surface area contributed by atoms with Crippen LogP contribution in [0.2, 0.25) is 5.02 Å². The molecule has 0 atom stereocenters. The zero-order valence-electron chi connectivity index (χ0n) is 11.5. The minimum atomic E-state index is -3.41. The van der Waals surface area contributed by atoms with Crippen molar-refractivity contribution in [2.75, 3.05) is 24.2 Å². The second-order valence-corrected chi connectivity index (χ2v) is 6.43. The second kappa shape index (κ2) is 7.12. The lowest BCUT2D eigenvalue weighted by Gasteiger charge is -2.16. The predicted octanol–water partition coefficient (Wildman–Crippen LogP) is 2.85. The molecule has 0 fully saturated rings. The van der Waals surface area contributed by atoms with Crippen LogP contribution in [0.1, 0.15) is 25.0 Å². The van der Waals surface area contributed by atoms with Gasteiger partial charge < -0.3 is 4.74 Å². The lowest BCUT2D eigenvalue weighted by atomic mass is 10.0. The van der Waals surface area contributed by atoms with E-state index >= 15 is 0 Å². The van der Waals surface area contributed by atoms with E-state index in [4.69, 9.17) is 16.3 Å². The molecule has 108 valence electrons. The maximum absolute atomic E-state index is 12.0. The molecule has 0 aliphatic carbocycles. The van der Waals surface area contributed by atoms with Crippen molar-refractivity contribution in [3.05, 3.63) is 28.3 Å². The first-order valence-electron chi connectivity index (χ1n) is 6.24. The molecule has 19 heavy (non-hydrogen) atoms. The average Bonchev–Trinajstić information content (AvgIpc) is 2.37. The van der Waals surface area contributed by atoms with Gasteiger partial charge in [0.25, 0.3) is 0 Å². The summed E-state index contributed by atoms with van der Waals surface area (Å²) in [5.74, 6) is -0.0671. The Hall–Kier alpha value is -0.780. The van der Waals surface area contributed by atoms with Gasteiger partial charge in [-0.05, 0) is 30.0 Å². The highest BCUT2D eigenvalue weighted by Crippen LogP contribution is 2.30. The zero-order valence-corrected chi connectivity index (χ0v) is 13.1. The Balaban J connectivity index is 3.15. The summed E-state index contributed by atoms with van der Waals surface area (Å²) in [7, 11) is -1.94. The number of hydrogen-bond donors (Lipinski definition) is 1.